The number of likely N-dealkylation sites (tertiary alicyclic amines) is 1. The second kappa shape index (κ2) is 6.47. The quantitative estimate of drug-likeness (QED) is 0.803. The molecule has 0 N–H and O–H groups in total. The number of nitrogens with zero attached hydrogens (tertiary/aromatic N) is 1. The topological polar surface area (TPSA) is 29.5 Å². The zero-order valence-electron chi connectivity index (χ0n) is 11.8. The first-order valence-electron chi connectivity index (χ1n) is 6.86. The molecule has 1 unspecified atom stereocenters. The van der Waals surface area contributed by atoms with Crippen LogP contribution in [0.5, 0.6) is 0 Å². The fraction of sp³-hybridized carbons (Fsp3) is 0.533. The van der Waals surface area contributed by atoms with Gasteiger partial charge in [-0.15, -0.1) is 0 Å². The summed E-state index contributed by atoms with van der Waals surface area (Å²) in [6.07, 6.45) is -3.35. The molecule has 1 aromatic rings. The standard InChI is InChI=1S/C15H18F3NO2/c1-21-14(20)12-6-4-11(5-7-12)9-19-8-2-3-13(10-19)15(16,17)18/h4-7,13H,2-3,8-10H2,1H3. The Labute approximate surface area is 121 Å². The van der Waals surface area contributed by atoms with Gasteiger partial charge in [-0.1, -0.05) is 12.1 Å². The highest BCUT2D eigenvalue weighted by Crippen LogP contribution is 2.33. The molecule has 0 aromatic heterocycles. The number of esters is 1. The molecule has 2 rings (SSSR count). The van der Waals surface area contributed by atoms with Gasteiger partial charge in [0.2, 0.25) is 0 Å². The van der Waals surface area contributed by atoms with Gasteiger partial charge < -0.3 is 4.74 Å². The number of alkyl halides is 3. The monoisotopic (exact) mass is 301 g/mol. The second-order valence-corrected chi connectivity index (χ2v) is 5.30. The van der Waals surface area contributed by atoms with Crippen LogP contribution in [0.1, 0.15) is 28.8 Å². The number of hydrogen-bond donors (Lipinski definition) is 0. The molecule has 6 heteroatoms. The van der Waals surface area contributed by atoms with Crippen molar-refractivity contribution >= 4 is 5.97 Å². The molecule has 116 valence electrons. The summed E-state index contributed by atoms with van der Waals surface area (Å²) in [4.78, 5) is 13.1. The van der Waals surface area contributed by atoms with Crippen molar-refractivity contribution < 1.29 is 22.7 Å². The fourth-order valence-electron chi connectivity index (χ4n) is 2.59. The highest BCUT2D eigenvalue weighted by Gasteiger charge is 2.41. The van der Waals surface area contributed by atoms with Crippen LogP contribution < -0.4 is 0 Å². The van der Waals surface area contributed by atoms with Gasteiger partial charge in [-0.2, -0.15) is 13.2 Å². The van der Waals surface area contributed by atoms with E-state index in [-0.39, 0.29) is 13.0 Å². The van der Waals surface area contributed by atoms with E-state index in [4.69, 9.17) is 0 Å². The third kappa shape index (κ3) is 4.20. The summed E-state index contributed by atoms with van der Waals surface area (Å²) >= 11 is 0. The summed E-state index contributed by atoms with van der Waals surface area (Å²) in [6, 6.07) is 6.77. The van der Waals surface area contributed by atoms with Crippen molar-refractivity contribution in [3.8, 4) is 0 Å². The molecule has 0 saturated carbocycles. The van der Waals surface area contributed by atoms with Gasteiger partial charge in [0.15, 0.2) is 0 Å². The molecule has 1 aliphatic heterocycles. The van der Waals surface area contributed by atoms with Crippen LogP contribution in [0.25, 0.3) is 0 Å². The second-order valence-electron chi connectivity index (χ2n) is 5.30. The Balaban J connectivity index is 1.96. The third-order valence-electron chi connectivity index (χ3n) is 3.75. The van der Waals surface area contributed by atoms with Crippen LogP contribution in [-0.4, -0.2) is 37.2 Å². The van der Waals surface area contributed by atoms with E-state index in [2.05, 4.69) is 4.74 Å². The minimum Gasteiger partial charge on any atom is -0.465 e. The SMILES string of the molecule is COC(=O)c1ccc(CN2CCCC(C(F)(F)F)C2)cc1. The van der Waals surface area contributed by atoms with Crippen molar-refractivity contribution in [3.05, 3.63) is 35.4 Å². The molecule has 0 amide bonds. The van der Waals surface area contributed by atoms with Crippen molar-refractivity contribution in [1.82, 2.24) is 4.90 Å². The van der Waals surface area contributed by atoms with Crippen LogP contribution in [0.15, 0.2) is 24.3 Å². The number of ether oxygens (including phenoxy) is 1. The number of halogens is 3. The van der Waals surface area contributed by atoms with E-state index in [0.717, 1.165) is 5.56 Å². The minimum atomic E-state index is -4.12. The summed E-state index contributed by atoms with van der Waals surface area (Å²) in [7, 11) is 1.31. The molecule has 1 atom stereocenters. The number of rotatable bonds is 3. The summed E-state index contributed by atoms with van der Waals surface area (Å²) < 4.78 is 42.9. The van der Waals surface area contributed by atoms with Crippen molar-refractivity contribution in [3.63, 3.8) is 0 Å². The molecule has 0 bridgehead atoms. The molecule has 3 nitrogen and oxygen atoms in total. The van der Waals surface area contributed by atoms with E-state index in [1.165, 1.54) is 7.11 Å². The van der Waals surface area contributed by atoms with E-state index in [1.54, 1.807) is 24.3 Å². The van der Waals surface area contributed by atoms with Crippen molar-refractivity contribution in [2.45, 2.75) is 25.6 Å². The zero-order chi connectivity index (χ0) is 15.5. The van der Waals surface area contributed by atoms with Crippen molar-refractivity contribution in [2.75, 3.05) is 20.2 Å². The van der Waals surface area contributed by atoms with Crippen LogP contribution in [0, 0.1) is 5.92 Å². The van der Waals surface area contributed by atoms with Gasteiger partial charge in [0.1, 0.15) is 0 Å². The summed E-state index contributed by atoms with van der Waals surface area (Å²) in [6.45, 7) is 1.18. The average Bonchev–Trinajstić information content (AvgIpc) is 2.47. The van der Waals surface area contributed by atoms with Crippen LogP contribution in [0.3, 0.4) is 0 Å². The molecule has 1 aliphatic rings. The van der Waals surface area contributed by atoms with Gasteiger partial charge in [-0.25, -0.2) is 4.79 Å². The van der Waals surface area contributed by atoms with E-state index in [0.29, 0.717) is 25.1 Å². The lowest BCUT2D eigenvalue weighted by atomic mass is 9.97. The van der Waals surface area contributed by atoms with Gasteiger partial charge in [0.05, 0.1) is 18.6 Å². The number of hydrogen-bond acceptors (Lipinski definition) is 3. The Morgan fingerprint density at radius 2 is 2.00 bits per heavy atom. The van der Waals surface area contributed by atoms with Crippen LogP contribution >= 0.6 is 0 Å². The molecule has 1 heterocycles. The van der Waals surface area contributed by atoms with E-state index >= 15 is 0 Å². The Kier molecular flexibility index (Phi) is 4.88. The van der Waals surface area contributed by atoms with E-state index < -0.39 is 18.1 Å². The first-order valence-corrected chi connectivity index (χ1v) is 6.86. The fourth-order valence-corrected chi connectivity index (χ4v) is 2.59. The van der Waals surface area contributed by atoms with Gasteiger partial charge >= 0.3 is 12.1 Å². The van der Waals surface area contributed by atoms with Crippen LogP contribution in [0.4, 0.5) is 13.2 Å². The number of carbonyl (C=O) groups is 1. The lowest BCUT2D eigenvalue weighted by Gasteiger charge is -2.33. The first-order chi connectivity index (χ1) is 9.90. The van der Waals surface area contributed by atoms with Gasteiger partial charge in [-0.3, -0.25) is 4.90 Å². The average molecular weight is 301 g/mol. The summed E-state index contributed by atoms with van der Waals surface area (Å²) in [5, 5.41) is 0. The first kappa shape index (κ1) is 15.8. The van der Waals surface area contributed by atoms with Crippen LogP contribution in [-0.2, 0) is 11.3 Å². The molecule has 1 fully saturated rings. The Morgan fingerprint density at radius 3 is 2.57 bits per heavy atom. The highest BCUT2D eigenvalue weighted by molar-refractivity contribution is 5.89. The third-order valence-corrected chi connectivity index (χ3v) is 3.75. The largest absolute Gasteiger partial charge is 0.465 e. The zero-order valence-corrected chi connectivity index (χ0v) is 11.8. The Morgan fingerprint density at radius 1 is 1.33 bits per heavy atom. The molecule has 0 aliphatic carbocycles. The minimum absolute atomic E-state index is 0.0439. The van der Waals surface area contributed by atoms with E-state index in [9.17, 15) is 18.0 Å². The highest BCUT2D eigenvalue weighted by atomic mass is 19.4. The Bertz CT molecular complexity index is 485. The maximum Gasteiger partial charge on any atom is 0.393 e. The lowest BCUT2D eigenvalue weighted by Crippen LogP contribution is -2.41. The lowest BCUT2D eigenvalue weighted by molar-refractivity contribution is -0.187. The Hall–Kier alpha value is -1.56. The van der Waals surface area contributed by atoms with Crippen LogP contribution in [0.2, 0.25) is 0 Å². The van der Waals surface area contributed by atoms with Crippen molar-refractivity contribution in [2.24, 2.45) is 5.92 Å². The molecular weight excluding hydrogens is 283 g/mol. The molecule has 0 radical (unpaired) electrons. The summed E-state index contributed by atoms with van der Waals surface area (Å²) in [5.74, 6) is -1.66. The number of methoxy groups -OCH3 is 1. The maximum atomic E-state index is 12.8. The normalized spacial score (nSPS) is 20.3. The van der Waals surface area contributed by atoms with Crippen molar-refractivity contribution in [1.29, 1.82) is 0 Å². The number of benzene rings is 1. The molecular formula is C15H18F3NO2. The molecule has 1 aromatic carbocycles. The van der Waals surface area contributed by atoms with Gasteiger partial charge in [-0.05, 0) is 37.1 Å². The predicted octanol–water partition coefficient (Wildman–Crippen LogP) is 3.25. The van der Waals surface area contributed by atoms with Gasteiger partial charge in [0, 0.05) is 13.1 Å². The smallest absolute Gasteiger partial charge is 0.393 e. The van der Waals surface area contributed by atoms with E-state index in [1.807, 2.05) is 4.90 Å². The summed E-state index contributed by atoms with van der Waals surface area (Å²) in [5.41, 5.74) is 1.33. The molecule has 0 spiro atoms. The van der Waals surface area contributed by atoms with Gasteiger partial charge in [0.25, 0.3) is 0 Å². The number of piperidine rings is 1. The maximum absolute atomic E-state index is 12.8. The predicted molar refractivity (Wildman–Crippen MR) is 71.8 cm³/mol. The number of carbonyl (C=O) groups excluding carboxylic acids is 1. The molecule has 21 heavy (non-hydrogen) atoms. The molecule has 1 saturated heterocycles.